The Morgan fingerprint density at radius 2 is 1.18 bits per heavy atom. The van der Waals surface area contributed by atoms with Gasteiger partial charge < -0.3 is 15.2 Å². The second kappa shape index (κ2) is 28.2. The highest BCUT2D eigenvalue weighted by Crippen LogP contribution is 2.15. The van der Waals surface area contributed by atoms with Crippen molar-refractivity contribution in [3.8, 4) is 0 Å². The summed E-state index contributed by atoms with van der Waals surface area (Å²) >= 11 is 0. The first-order valence-corrected chi connectivity index (χ1v) is 15.8. The molecule has 0 bridgehead atoms. The Morgan fingerprint density at radius 3 is 1.76 bits per heavy atom. The van der Waals surface area contributed by atoms with Crippen LogP contribution >= 0.6 is 0 Å². The summed E-state index contributed by atoms with van der Waals surface area (Å²) in [6.45, 7) is 4.16. The van der Waals surface area contributed by atoms with Crippen molar-refractivity contribution in [1.82, 2.24) is 5.32 Å². The molecule has 0 aliphatic carbocycles. The first-order valence-electron chi connectivity index (χ1n) is 15.8. The first-order chi connectivity index (χ1) is 18.5. The number of amides is 1. The largest absolute Gasteiger partial charge is 0.480 e. The number of carboxylic acids is 1. The summed E-state index contributed by atoms with van der Waals surface area (Å²) in [6.07, 6.45) is 29.1. The minimum atomic E-state index is -1.02. The van der Waals surface area contributed by atoms with Crippen LogP contribution < -0.4 is 5.32 Å². The van der Waals surface area contributed by atoms with Crippen molar-refractivity contribution in [2.24, 2.45) is 0 Å². The molecule has 6 nitrogen and oxygen atoms in total. The standard InChI is InChI=1S/C32H59NO5/c1-3-5-7-9-11-13-16-20-24-29(38-32(37)27-23-19-12-10-8-6-4-2)25-21-17-14-15-18-22-26-30(34)33-28-31(35)36/h20,24,29H,3-19,21-23,25-28H2,1-2H3,(H,33,34)(H,35,36)/b24-20-. The van der Waals surface area contributed by atoms with Crippen LogP contribution in [0.1, 0.15) is 162 Å². The topological polar surface area (TPSA) is 92.7 Å². The number of rotatable bonds is 28. The van der Waals surface area contributed by atoms with Crippen LogP contribution in [-0.2, 0) is 19.1 Å². The van der Waals surface area contributed by atoms with E-state index in [2.05, 4.69) is 31.3 Å². The van der Waals surface area contributed by atoms with Gasteiger partial charge in [-0.15, -0.1) is 0 Å². The third-order valence-electron chi connectivity index (χ3n) is 6.92. The fourth-order valence-corrected chi connectivity index (χ4v) is 4.54. The first kappa shape index (κ1) is 36.1. The molecule has 1 unspecified atom stereocenters. The normalized spacial score (nSPS) is 12.1. The molecule has 0 aliphatic heterocycles. The predicted molar refractivity (Wildman–Crippen MR) is 157 cm³/mol. The maximum absolute atomic E-state index is 12.4. The van der Waals surface area contributed by atoms with Gasteiger partial charge in [0.15, 0.2) is 0 Å². The third kappa shape index (κ3) is 27.2. The van der Waals surface area contributed by atoms with Gasteiger partial charge in [-0.25, -0.2) is 0 Å². The molecule has 0 fully saturated rings. The van der Waals surface area contributed by atoms with Crippen LogP contribution in [0.3, 0.4) is 0 Å². The Hall–Kier alpha value is -1.85. The summed E-state index contributed by atoms with van der Waals surface area (Å²) in [5, 5.41) is 11.0. The van der Waals surface area contributed by atoms with Crippen molar-refractivity contribution in [1.29, 1.82) is 0 Å². The molecule has 0 heterocycles. The van der Waals surface area contributed by atoms with Crippen molar-refractivity contribution in [3.63, 3.8) is 0 Å². The fourth-order valence-electron chi connectivity index (χ4n) is 4.54. The third-order valence-corrected chi connectivity index (χ3v) is 6.92. The number of carboxylic acid groups (broad SMARTS) is 1. The lowest BCUT2D eigenvalue weighted by atomic mass is 10.0. The van der Waals surface area contributed by atoms with E-state index in [0.717, 1.165) is 64.2 Å². The molecule has 0 aromatic carbocycles. The Kier molecular flexibility index (Phi) is 26.8. The van der Waals surface area contributed by atoms with Crippen molar-refractivity contribution >= 4 is 17.8 Å². The number of hydrogen-bond donors (Lipinski definition) is 2. The van der Waals surface area contributed by atoms with Crippen LogP contribution in [0.25, 0.3) is 0 Å². The molecule has 1 atom stereocenters. The van der Waals surface area contributed by atoms with Crippen LogP contribution in [0.5, 0.6) is 0 Å². The molecule has 0 radical (unpaired) electrons. The van der Waals surface area contributed by atoms with Gasteiger partial charge in [0.25, 0.3) is 0 Å². The second-order valence-electron chi connectivity index (χ2n) is 10.7. The van der Waals surface area contributed by atoms with Gasteiger partial charge in [-0.1, -0.05) is 116 Å². The van der Waals surface area contributed by atoms with Crippen LogP contribution in [0.15, 0.2) is 12.2 Å². The van der Waals surface area contributed by atoms with E-state index in [9.17, 15) is 14.4 Å². The van der Waals surface area contributed by atoms with E-state index in [1.54, 1.807) is 0 Å². The van der Waals surface area contributed by atoms with Crippen LogP contribution in [0.4, 0.5) is 0 Å². The molecule has 0 saturated heterocycles. The number of carbonyl (C=O) groups is 3. The molecule has 0 aliphatic rings. The molecular weight excluding hydrogens is 478 g/mol. The van der Waals surface area contributed by atoms with Gasteiger partial charge in [-0.05, 0) is 44.6 Å². The molecular formula is C32H59NO5. The smallest absolute Gasteiger partial charge is 0.322 e. The molecule has 1 amide bonds. The van der Waals surface area contributed by atoms with Crippen LogP contribution in [0, 0.1) is 0 Å². The van der Waals surface area contributed by atoms with Crippen molar-refractivity contribution in [2.75, 3.05) is 6.54 Å². The van der Waals surface area contributed by atoms with Crippen molar-refractivity contribution in [2.45, 2.75) is 168 Å². The highest BCUT2D eigenvalue weighted by atomic mass is 16.5. The Balaban J connectivity index is 4.18. The van der Waals surface area contributed by atoms with Gasteiger partial charge in [0, 0.05) is 12.8 Å². The van der Waals surface area contributed by atoms with Gasteiger partial charge in [0.1, 0.15) is 12.6 Å². The SMILES string of the molecule is CCCCCCCC/C=C\C(CCCCCCCCC(=O)NCC(=O)O)OC(=O)CCCCCCCCC. The maximum atomic E-state index is 12.4. The molecule has 6 heteroatoms. The number of aliphatic carboxylic acids is 1. The van der Waals surface area contributed by atoms with Gasteiger partial charge in [0.2, 0.25) is 5.91 Å². The number of hydrogen-bond acceptors (Lipinski definition) is 4. The maximum Gasteiger partial charge on any atom is 0.322 e. The Bertz CT molecular complexity index is 605. The lowest BCUT2D eigenvalue weighted by molar-refractivity contribution is -0.147. The molecule has 0 rings (SSSR count). The quantitative estimate of drug-likeness (QED) is 0.0591. The van der Waals surface area contributed by atoms with E-state index in [0.29, 0.717) is 12.8 Å². The summed E-state index contributed by atoms with van der Waals surface area (Å²) in [7, 11) is 0. The van der Waals surface area contributed by atoms with E-state index in [4.69, 9.17) is 9.84 Å². The highest BCUT2D eigenvalue weighted by molar-refractivity contribution is 5.80. The summed E-state index contributed by atoms with van der Waals surface area (Å²) in [6, 6.07) is 0. The number of allylic oxidation sites excluding steroid dienone is 1. The van der Waals surface area contributed by atoms with Gasteiger partial charge in [0.05, 0.1) is 0 Å². The number of ether oxygens (including phenoxy) is 1. The molecule has 0 saturated carbocycles. The van der Waals surface area contributed by atoms with E-state index < -0.39 is 5.97 Å². The monoisotopic (exact) mass is 537 g/mol. The molecule has 38 heavy (non-hydrogen) atoms. The summed E-state index contributed by atoms with van der Waals surface area (Å²) in [5.41, 5.74) is 0. The second-order valence-corrected chi connectivity index (χ2v) is 10.7. The van der Waals surface area contributed by atoms with Crippen LogP contribution in [0.2, 0.25) is 0 Å². The van der Waals surface area contributed by atoms with Gasteiger partial charge in [-0.3, -0.25) is 14.4 Å². The Labute approximate surface area is 233 Å². The van der Waals surface area contributed by atoms with Crippen molar-refractivity contribution < 1.29 is 24.2 Å². The summed E-state index contributed by atoms with van der Waals surface area (Å²) < 4.78 is 5.85. The zero-order valence-electron chi connectivity index (χ0n) is 24.8. The average molecular weight is 538 g/mol. The van der Waals surface area contributed by atoms with E-state index in [1.165, 1.54) is 70.6 Å². The Morgan fingerprint density at radius 1 is 0.684 bits per heavy atom. The molecule has 0 aromatic rings. The zero-order chi connectivity index (χ0) is 28.1. The van der Waals surface area contributed by atoms with Gasteiger partial charge in [-0.2, -0.15) is 0 Å². The van der Waals surface area contributed by atoms with Gasteiger partial charge >= 0.3 is 11.9 Å². The lowest BCUT2D eigenvalue weighted by Crippen LogP contribution is -2.28. The number of nitrogens with one attached hydrogen (secondary N) is 1. The fraction of sp³-hybridized carbons (Fsp3) is 0.844. The molecule has 2 N–H and O–H groups in total. The minimum absolute atomic E-state index is 0.0612. The number of esters is 1. The zero-order valence-corrected chi connectivity index (χ0v) is 24.8. The summed E-state index contributed by atoms with van der Waals surface area (Å²) in [4.78, 5) is 34.5. The van der Waals surface area contributed by atoms with Crippen LogP contribution in [-0.4, -0.2) is 35.6 Å². The van der Waals surface area contributed by atoms with E-state index in [1.807, 2.05) is 0 Å². The van der Waals surface area contributed by atoms with E-state index >= 15 is 0 Å². The van der Waals surface area contributed by atoms with Crippen molar-refractivity contribution in [3.05, 3.63) is 12.2 Å². The number of unbranched alkanes of at least 4 members (excludes halogenated alkanes) is 17. The minimum Gasteiger partial charge on any atom is -0.480 e. The average Bonchev–Trinajstić information content (AvgIpc) is 2.89. The predicted octanol–water partition coefficient (Wildman–Crippen LogP) is 8.67. The molecule has 0 spiro atoms. The van der Waals surface area contributed by atoms with E-state index in [-0.39, 0.29) is 24.5 Å². The lowest BCUT2D eigenvalue weighted by Gasteiger charge is -2.15. The number of carbonyl (C=O) groups excluding carboxylic acids is 2. The molecule has 0 aromatic heterocycles. The highest BCUT2D eigenvalue weighted by Gasteiger charge is 2.11. The summed E-state index contributed by atoms with van der Waals surface area (Å²) in [5.74, 6) is -1.27. The molecule has 222 valence electrons.